The highest BCUT2D eigenvalue weighted by Gasteiger charge is 2.16. The van der Waals surface area contributed by atoms with Gasteiger partial charge in [-0.05, 0) is 30.3 Å². The van der Waals surface area contributed by atoms with Gasteiger partial charge in [0.15, 0.2) is 5.43 Å². The van der Waals surface area contributed by atoms with E-state index < -0.39 is 0 Å². The average molecular weight is 270 g/mol. The molecule has 5 aromatic rings. The molecule has 0 fully saturated rings. The zero-order valence-electron chi connectivity index (χ0n) is 11.1. The van der Waals surface area contributed by atoms with Gasteiger partial charge in [-0.15, -0.1) is 0 Å². The van der Waals surface area contributed by atoms with Crippen LogP contribution in [-0.2, 0) is 0 Å². The van der Waals surface area contributed by atoms with Crippen LogP contribution < -0.4 is 5.43 Å². The Hall–Kier alpha value is -2.94. The first-order chi connectivity index (χ1) is 10.3. The molecule has 0 saturated heterocycles. The number of para-hydroxylation sites is 3. The average Bonchev–Trinajstić information content (AvgIpc) is 2.88. The van der Waals surface area contributed by atoms with Crippen molar-refractivity contribution in [3.63, 3.8) is 0 Å². The summed E-state index contributed by atoms with van der Waals surface area (Å²) in [6.45, 7) is 0. The van der Waals surface area contributed by atoms with E-state index in [-0.39, 0.29) is 5.43 Å². The highest BCUT2D eigenvalue weighted by molar-refractivity contribution is 6.15. The smallest absolute Gasteiger partial charge is 0.188 e. The van der Waals surface area contributed by atoms with E-state index >= 15 is 0 Å². The van der Waals surface area contributed by atoms with Gasteiger partial charge >= 0.3 is 0 Å². The fraction of sp³-hybridized carbons (Fsp3) is 0. The number of hydrogen-bond donors (Lipinski definition) is 0. The van der Waals surface area contributed by atoms with Crippen molar-refractivity contribution in [2.45, 2.75) is 0 Å². The molecule has 0 unspecified atom stereocenters. The molecule has 3 heteroatoms. The van der Waals surface area contributed by atoms with Gasteiger partial charge in [0.2, 0.25) is 0 Å². The lowest BCUT2D eigenvalue weighted by atomic mass is 10.1. The van der Waals surface area contributed by atoms with Gasteiger partial charge in [0, 0.05) is 5.39 Å². The van der Waals surface area contributed by atoms with Gasteiger partial charge in [0.05, 0.1) is 33.0 Å². The third-order valence-corrected chi connectivity index (χ3v) is 4.12. The van der Waals surface area contributed by atoms with Gasteiger partial charge < -0.3 is 4.40 Å². The van der Waals surface area contributed by atoms with Crippen LogP contribution in [0.3, 0.4) is 0 Å². The van der Waals surface area contributed by atoms with Crippen LogP contribution in [0.15, 0.2) is 65.5 Å². The van der Waals surface area contributed by atoms with E-state index in [0.717, 1.165) is 38.4 Å². The maximum absolute atomic E-state index is 12.4. The quantitative estimate of drug-likeness (QED) is 0.403. The number of nitrogens with zero attached hydrogens (tertiary/aromatic N) is 2. The largest absolute Gasteiger partial charge is 0.305 e. The second-order valence-electron chi connectivity index (χ2n) is 5.26. The molecule has 3 nitrogen and oxygen atoms in total. The number of benzene rings is 3. The normalized spacial score (nSPS) is 12.0. The van der Waals surface area contributed by atoms with Crippen molar-refractivity contribution in [2.24, 2.45) is 0 Å². The molecule has 0 amide bonds. The molecule has 0 bridgehead atoms. The Kier molecular flexibility index (Phi) is 1.84. The first kappa shape index (κ1) is 10.8. The Morgan fingerprint density at radius 1 is 0.762 bits per heavy atom. The Morgan fingerprint density at radius 2 is 1.52 bits per heavy atom. The van der Waals surface area contributed by atoms with Crippen LogP contribution >= 0.6 is 0 Å². The maximum atomic E-state index is 12.4. The Labute approximate surface area is 119 Å². The van der Waals surface area contributed by atoms with Gasteiger partial charge in [-0.25, -0.2) is 4.98 Å². The van der Waals surface area contributed by atoms with Crippen LogP contribution in [0.4, 0.5) is 0 Å². The van der Waals surface area contributed by atoms with Crippen LogP contribution in [0.25, 0.3) is 38.4 Å². The molecule has 0 saturated carbocycles. The van der Waals surface area contributed by atoms with Crippen molar-refractivity contribution in [2.75, 3.05) is 0 Å². The summed E-state index contributed by atoms with van der Waals surface area (Å²) in [5.41, 5.74) is 4.85. The highest BCUT2D eigenvalue weighted by Crippen LogP contribution is 2.31. The van der Waals surface area contributed by atoms with Crippen molar-refractivity contribution < 1.29 is 0 Å². The van der Waals surface area contributed by atoms with Gasteiger partial charge in [-0.3, -0.25) is 4.79 Å². The molecule has 0 aliphatic carbocycles. The lowest BCUT2D eigenvalue weighted by Crippen LogP contribution is -2.00. The summed E-state index contributed by atoms with van der Waals surface area (Å²) in [5, 5.41) is 1.76. The number of hydrogen-bond acceptors (Lipinski definition) is 2. The number of rotatable bonds is 0. The molecule has 21 heavy (non-hydrogen) atoms. The monoisotopic (exact) mass is 270 g/mol. The highest BCUT2D eigenvalue weighted by atomic mass is 16.1. The Bertz CT molecular complexity index is 1200. The summed E-state index contributed by atoms with van der Waals surface area (Å²) < 4.78 is 2.16. The SMILES string of the molecule is O=c1ccc2nc3ccccc3n3c4ccccc4c1c23. The third-order valence-electron chi connectivity index (χ3n) is 4.12. The van der Waals surface area contributed by atoms with Crippen molar-refractivity contribution in [3.8, 4) is 0 Å². The maximum Gasteiger partial charge on any atom is 0.188 e. The van der Waals surface area contributed by atoms with Crippen LogP contribution in [0, 0.1) is 0 Å². The lowest BCUT2D eigenvalue weighted by molar-refractivity contribution is 1.30. The number of aromatic nitrogens is 2. The second-order valence-corrected chi connectivity index (χ2v) is 5.26. The van der Waals surface area contributed by atoms with E-state index in [1.54, 1.807) is 6.07 Å². The van der Waals surface area contributed by atoms with Gasteiger partial charge in [0.1, 0.15) is 0 Å². The van der Waals surface area contributed by atoms with Crippen molar-refractivity contribution >= 4 is 38.4 Å². The van der Waals surface area contributed by atoms with Crippen molar-refractivity contribution in [3.05, 3.63) is 70.9 Å². The molecule has 0 N–H and O–H groups in total. The topological polar surface area (TPSA) is 34.4 Å². The molecule has 3 aromatic carbocycles. The van der Waals surface area contributed by atoms with E-state index in [0.29, 0.717) is 0 Å². The minimum Gasteiger partial charge on any atom is -0.305 e. The van der Waals surface area contributed by atoms with Crippen LogP contribution in [0.2, 0.25) is 0 Å². The molecule has 0 aliphatic heterocycles. The predicted molar refractivity (Wildman–Crippen MR) is 85.2 cm³/mol. The van der Waals surface area contributed by atoms with Gasteiger partial charge in [-0.2, -0.15) is 0 Å². The fourth-order valence-electron chi connectivity index (χ4n) is 3.27. The minimum absolute atomic E-state index is 0.0540. The van der Waals surface area contributed by atoms with Gasteiger partial charge in [0.25, 0.3) is 0 Å². The zero-order valence-corrected chi connectivity index (χ0v) is 11.1. The molecule has 2 aromatic heterocycles. The van der Waals surface area contributed by atoms with Crippen LogP contribution in [0.5, 0.6) is 0 Å². The van der Waals surface area contributed by atoms with E-state index in [9.17, 15) is 4.79 Å². The van der Waals surface area contributed by atoms with E-state index in [4.69, 9.17) is 4.98 Å². The first-order valence-electron chi connectivity index (χ1n) is 6.89. The summed E-state index contributed by atoms with van der Waals surface area (Å²) in [6, 6.07) is 19.5. The van der Waals surface area contributed by atoms with Crippen LogP contribution in [-0.4, -0.2) is 9.38 Å². The molecule has 5 rings (SSSR count). The van der Waals surface area contributed by atoms with Crippen LogP contribution in [0.1, 0.15) is 0 Å². The molecule has 0 atom stereocenters. The molecule has 0 aliphatic rings. The Balaban J connectivity index is 2.33. The standard InChI is InChI=1S/C18H10N2O/c21-16-10-9-13-18-17(16)11-5-1-3-7-14(11)20(18)15-8-4-2-6-12(15)19-13/h1-10H. The second kappa shape index (κ2) is 3.58. The van der Waals surface area contributed by atoms with E-state index in [1.807, 2.05) is 48.5 Å². The summed E-state index contributed by atoms with van der Waals surface area (Å²) >= 11 is 0. The molecular weight excluding hydrogens is 260 g/mol. The van der Waals surface area contributed by atoms with Crippen molar-refractivity contribution in [1.82, 2.24) is 9.38 Å². The van der Waals surface area contributed by atoms with E-state index in [1.165, 1.54) is 0 Å². The summed E-state index contributed by atoms with van der Waals surface area (Å²) in [7, 11) is 0. The number of fused-ring (bicyclic) bond motifs is 5. The minimum atomic E-state index is 0.0540. The van der Waals surface area contributed by atoms with Gasteiger partial charge in [-0.1, -0.05) is 30.3 Å². The summed E-state index contributed by atoms with van der Waals surface area (Å²) in [4.78, 5) is 17.1. The predicted octanol–water partition coefficient (Wildman–Crippen LogP) is 3.59. The fourth-order valence-corrected chi connectivity index (χ4v) is 3.27. The summed E-state index contributed by atoms with van der Waals surface area (Å²) in [5.74, 6) is 0. The zero-order chi connectivity index (χ0) is 14.0. The molecule has 98 valence electrons. The summed E-state index contributed by atoms with van der Waals surface area (Å²) in [6.07, 6.45) is 0. The molecule has 2 heterocycles. The molecule has 0 spiro atoms. The lowest BCUT2D eigenvalue weighted by Gasteiger charge is -2.05. The van der Waals surface area contributed by atoms with E-state index in [2.05, 4.69) is 10.5 Å². The third kappa shape index (κ3) is 1.23. The molecule has 0 radical (unpaired) electrons. The molecular formula is C18H10N2O. The van der Waals surface area contributed by atoms with Crippen molar-refractivity contribution in [1.29, 1.82) is 0 Å². The Morgan fingerprint density at radius 3 is 2.43 bits per heavy atom. The first-order valence-corrected chi connectivity index (χ1v) is 6.89.